The molecule has 5 aromatic rings. The maximum absolute atomic E-state index is 12.1. The van der Waals surface area contributed by atoms with E-state index < -0.39 is 11.4 Å². The summed E-state index contributed by atoms with van der Waals surface area (Å²) in [5, 5.41) is 11.0. The molecule has 1 unspecified atom stereocenters. The van der Waals surface area contributed by atoms with Crippen LogP contribution in [0.2, 0.25) is 0 Å². The number of benzene rings is 4. The SMILES string of the molecule is C=CC(CC)(C(=O)O)c1ccc(-c2ccccc2-c2c(Cc3ccccc3)oc3ccccc23)cc1. The van der Waals surface area contributed by atoms with Crippen LogP contribution in [0.3, 0.4) is 0 Å². The molecule has 0 aliphatic rings. The van der Waals surface area contributed by atoms with Crippen molar-refractivity contribution in [3.63, 3.8) is 0 Å². The molecule has 3 nitrogen and oxygen atoms in total. The van der Waals surface area contributed by atoms with E-state index >= 15 is 0 Å². The van der Waals surface area contributed by atoms with Gasteiger partial charge < -0.3 is 9.52 Å². The Labute approximate surface area is 211 Å². The lowest BCUT2D eigenvalue weighted by atomic mass is 9.78. The van der Waals surface area contributed by atoms with Gasteiger partial charge in [-0.3, -0.25) is 4.79 Å². The van der Waals surface area contributed by atoms with E-state index in [9.17, 15) is 9.90 Å². The third-order valence-electron chi connectivity index (χ3n) is 7.07. The Kier molecular flexibility index (Phi) is 6.30. The normalized spacial score (nSPS) is 12.8. The Morgan fingerprint density at radius 2 is 1.50 bits per heavy atom. The van der Waals surface area contributed by atoms with Gasteiger partial charge in [0.15, 0.2) is 0 Å². The van der Waals surface area contributed by atoms with E-state index in [4.69, 9.17) is 4.42 Å². The lowest BCUT2D eigenvalue weighted by molar-refractivity contribution is -0.142. The van der Waals surface area contributed by atoms with E-state index in [0.29, 0.717) is 12.8 Å². The summed E-state index contributed by atoms with van der Waals surface area (Å²) in [6.45, 7) is 5.68. The quantitative estimate of drug-likeness (QED) is 0.231. The number of aliphatic carboxylic acids is 1. The van der Waals surface area contributed by atoms with Crippen LogP contribution in [-0.2, 0) is 16.6 Å². The average Bonchev–Trinajstić information content (AvgIpc) is 3.28. The smallest absolute Gasteiger partial charge is 0.317 e. The van der Waals surface area contributed by atoms with Gasteiger partial charge in [0.1, 0.15) is 16.8 Å². The van der Waals surface area contributed by atoms with Crippen molar-refractivity contribution in [2.24, 2.45) is 0 Å². The van der Waals surface area contributed by atoms with Gasteiger partial charge in [-0.25, -0.2) is 0 Å². The van der Waals surface area contributed by atoms with E-state index in [1.165, 1.54) is 11.6 Å². The highest BCUT2D eigenvalue weighted by Gasteiger charge is 2.35. The van der Waals surface area contributed by atoms with Crippen molar-refractivity contribution in [3.8, 4) is 22.3 Å². The molecule has 0 amide bonds. The largest absolute Gasteiger partial charge is 0.480 e. The fourth-order valence-corrected chi connectivity index (χ4v) is 5.03. The van der Waals surface area contributed by atoms with Crippen molar-refractivity contribution in [3.05, 3.63) is 133 Å². The van der Waals surface area contributed by atoms with Crippen LogP contribution >= 0.6 is 0 Å². The number of furan rings is 1. The maximum atomic E-state index is 12.1. The minimum Gasteiger partial charge on any atom is -0.480 e. The first-order valence-corrected chi connectivity index (χ1v) is 12.2. The topological polar surface area (TPSA) is 50.4 Å². The molecule has 0 saturated heterocycles. The van der Waals surface area contributed by atoms with Crippen LogP contribution in [-0.4, -0.2) is 11.1 Å². The highest BCUT2D eigenvalue weighted by molar-refractivity contribution is 6.00. The standard InChI is InChI=1S/C33H28O3/c1-3-33(4-2,32(34)35)25-20-18-24(19-21-25)26-14-8-9-15-27(26)31-28-16-10-11-17-29(28)36-30(31)22-23-12-6-5-7-13-23/h3,5-21H,1,4,22H2,2H3,(H,34,35). The second kappa shape index (κ2) is 9.71. The summed E-state index contributed by atoms with van der Waals surface area (Å²) in [5.41, 5.74) is 5.95. The second-order valence-corrected chi connectivity index (χ2v) is 9.02. The van der Waals surface area contributed by atoms with Crippen LogP contribution in [0.4, 0.5) is 0 Å². The van der Waals surface area contributed by atoms with Crippen molar-refractivity contribution >= 4 is 16.9 Å². The van der Waals surface area contributed by atoms with Gasteiger partial charge in [-0.05, 0) is 40.3 Å². The number of fused-ring (bicyclic) bond motifs is 1. The molecule has 1 N–H and O–H groups in total. The van der Waals surface area contributed by atoms with Crippen LogP contribution in [0.1, 0.15) is 30.2 Å². The molecule has 0 aliphatic carbocycles. The first-order chi connectivity index (χ1) is 17.6. The Morgan fingerprint density at radius 1 is 0.861 bits per heavy atom. The summed E-state index contributed by atoms with van der Waals surface area (Å²) in [7, 11) is 0. The summed E-state index contributed by atoms with van der Waals surface area (Å²) < 4.78 is 6.39. The minimum atomic E-state index is -1.10. The molecular formula is C33H28O3. The van der Waals surface area contributed by atoms with Gasteiger partial charge in [0, 0.05) is 17.4 Å². The van der Waals surface area contributed by atoms with Crippen molar-refractivity contribution in [1.29, 1.82) is 0 Å². The molecule has 3 heteroatoms. The van der Waals surface area contributed by atoms with Gasteiger partial charge >= 0.3 is 5.97 Å². The van der Waals surface area contributed by atoms with Crippen LogP contribution in [0, 0.1) is 0 Å². The van der Waals surface area contributed by atoms with Gasteiger partial charge in [-0.1, -0.05) is 110 Å². The van der Waals surface area contributed by atoms with Crippen LogP contribution in [0.15, 0.2) is 120 Å². The van der Waals surface area contributed by atoms with Gasteiger partial charge in [0.2, 0.25) is 0 Å². The van der Waals surface area contributed by atoms with Crippen LogP contribution < -0.4 is 0 Å². The Hall–Kier alpha value is -4.37. The molecule has 0 aliphatic heterocycles. The lowest BCUT2D eigenvalue weighted by Gasteiger charge is -2.25. The molecule has 1 heterocycles. The molecule has 0 bridgehead atoms. The summed E-state index contributed by atoms with van der Waals surface area (Å²) in [6, 6.07) is 34.6. The third kappa shape index (κ3) is 4.03. The van der Waals surface area contributed by atoms with Gasteiger partial charge in [0.05, 0.1) is 0 Å². The summed E-state index contributed by atoms with van der Waals surface area (Å²) >= 11 is 0. The molecule has 36 heavy (non-hydrogen) atoms. The van der Waals surface area contributed by atoms with Gasteiger partial charge in [0.25, 0.3) is 0 Å². The average molecular weight is 473 g/mol. The van der Waals surface area contributed by atoms with E-state index in [1.807, 2.05) is 79.7 Å². The fraction of sp³-hybridized carbons (Fsp3) is 0.121. The van der Waals surface area contributed by atoms with E-state index in [-0.39, 0.29) is 0 Å². The van der Waals surface area contributed by atoms with Crippen LogP contribution in [0.25, 0.3) is 33.2 Å². The lowest BCUT2D eigenvalue weighted by Crippen LogP contribution is -2.32. The summed E-state index contributed by atoms with van der Waals surface area (Å²) in [6.07, 6.45) is 2.66. The molecule has 1 aromatic heterocycles. The second-order valence-electron chi connectivity index (χ2n) is 9.02. The highest BCUT2D eigenvalue weighted by Crippen LogP contribution is 2.41. The summed E-state index contributed by atoms with van der Waals surface area (Å²) in [5.74, 6) is 0.0394. The van der Waals surface area contributed by atoms with Crippen molar-refractivity contribution in [1.82, 2.24) is 0 Å². The summed E-state index contributed by atoms with van der Waals surface area (Å²) in [4.78, 5) is 12.1. The zero-order valence-electron chi connectivity index (χ0n) is 20.3. The highest BCUT2D eigenvalue weighted by atomic mass is 16.4. The molecule has 0 saturated carbocycles. The van der Waals surface area contributed by atoms with Gasteiger partial charge in [-0.2, -0.15) is 0 Å². The Bertz CT molecular complexity index is 1530. The zero-order valence-corrected chi connectivity index (χ0v) is 20.3. The van der Waals surface area contributed by atoms with Crippen molar-refractivity contribution in [2.45, 2.75) is 25.2 Å². The molecule has 0 spiro atoms. The minimum absolute atomic E-state index is 0.436. The van der Waals surface area contributed by atoms with E-state index in [0.717, 1.165) is 44.5 Å². The fourth-order valence-electron chi connectivity index (χ4n) is 5.03. The van der Waals surface area contributed by atoms with Crippen molar-refractivity contribution in [2.75, 3.05) is 0 Å². The number of para-hydroxylation sites is 1. The monoisotopic (exact) mass is 472 g/mol. The molecule has 178 valence electrons. The van der Waals surface area contributed by atoms with Crippen LogP contribution in [0.5, 0.6) is 0 Å². The molecular weight excluding hydrogens is 444 g/mol. The van der Waals surface area contributed by atoms with Crippen molar-refractivity contribution < 1.29 is 14.3 Å². The van der Waals surface area contributed by atoms with E-state index in [1.54, 1.807) is 0 Å². The number of carboxylic acids is 1. The number of rotatable bonds is 8. The predicted molar refractivity (Wildman–Crippen MR) is 146 cm³/mol. The van der Waals surface area contributed by atoms with Gasteiger partial charge in [-0.15, -0.1) is 6.58 Å². The molecule has 4 aromatic carbocycles. The predicted octanol–water partition coefficient (Wildman–Crippen LogP) is 8.28. The number of hydrogen-bond acceptors (Lipinski definition) is 2. The maximum Gasteiger partial charge on any atom is 0.317 e. The first kappa shape index (κ1) is 23.4. The molecule has 0 radical (unpaired) electrons. The molecule has 1 atom stereocenters. The first-order valence-electron chi connectivity index (χ1n) is 12.2. The number of hydrogen-bond donors (Lipinski definition) is 1. The third-order valence-corrected chi connectivity index (χ3v) is 7.07. The molecule has 0 fully saturated rings. The zero-order chi connectivity index (χ0) is 25.1. The Morgan fingerprint density at radius 3 is 2.17 bits per heavy atom. The van der Waals surface area contributed by atoms with E-state index in [2.05, 4.69) is 36.9 Å². The molecule has 5 rings (SSSR count). The number of carboxylic acid groups (broad SMARTS) is 1. The number of carbonyl (C=O) groups is 1. The Balaban J connectivity index is 1.64.